The normalized spacial score (nSPS) is 11.7. The molecule has 0 spiro atoms. The van der Waals surface area contributed by atoms with Crippen LogP contribution in [-0.4, -0.2) is 45.7 Å². The fourth-order valence-corrected chi connectivity index (χ4v) is 3.52. The number of nitrogens with one attached hydrogen (secondary N) is 2. The van der Waals surface area contributed by atoms with Crippen LogP contribution in [-0.2, 0) is 9.53 Å². The van der Waals surface area contributed by atoms with Crippen LogP contribution in [0.1, 0.15) is 20.8 Å². The number of amides is 1. The molecule has 2 rings (SSSR count). The molecule has 0 bridgehead atoms. The van der Waals surface area contributed by atoms with Crippen LogP contribution < -0.4 is 15.0 Å². The Kier molecular flexibility index (Phi) is 7.17. The van der Waals surface area contributed by atoms with Crippen molar-refractivity contribution in [2.24, 2.45) is 0 Å². The minimum Gasteiger partial charge on any atom is -0.488 e. The zero-order valence-corrected chi connectivity index (χ0v) is 16.4. The predicted molar refractivity (Wildman–Crippen MR) is 102 cm³/mol. The maximum absolute atomic E-state index is 12.3. The number of ether oxygens (including phenoxy) is 2. The van der Waals surface area contributed by atoms with Gasteiger partial charge in [0.05, 0.1) is 19.7 Å². The number of carbonyl (C=O) groups excluding carboxylic acids is 2. The van der Waals surface area contributed by atoms with Crippen molar-refractivity contribution in [3.05, 3.63) is 46.3 Å². The number of hydrogen-bond acceptors (Lipinski definition) is 5. The van der Waals surface area contributed by atoms with Gasteiger partial charge >= 0.3 is 5.97 Å². The third-order valence-corrected chi connectivity index (χ3v) is 5.15. The summed E-state index contributed by atoms with van der Waals surface area (Å²) in [7, 11) is 3.27. The molecule has 0 aliphatic rings. The first-order valence-electron chi connectivity index (χ1n) is 8.39. The highest BCUT2D eigenvalue weighted by Crippen LogP contribution is 2.32. The van der Waals surface area contributed by atoms with E-state index in [9.17, 15) is 9.59 Å². The SMILES string of the molecule is COC(=O)c1c(NC(=O)C[NH+](C)CCOc2ccccc2)sc(C)c1C. The van der Waals surface area contributed by atoms with Crippen molar-refractivity contribution < 1.29 is 24.0 Å². The molecule has 0 fully saturated rings. The van der Waals surface area contributed by atoms with E-state index in [0.29, 0.717) is 23.7 Å². The summed E-state index contributed by atoms with van der Waals surface area (Å²) in [6.07, 6.45) is 0. The second-order valence-electron chi connectivity index (χ2n) is 6.07. The van der Waals surface area contributed by atoms with Gasteiger partial charge in [0.2, 0.25) is 0 Å². The summed E-state index contributed by atoms with van der Waals surface area (Å²) < 4.78 is 10.5. The van der Waals surface area contributed by atoms with Gasteiger partial charge < -0.3 is 19.7 Å². The van der Waals surface area contributed by atoms with Gasteiger partial charge in [0, 0.05) is 4.88 Å². The summed E-state index contributed by atoms with van der Waals surface area (Å²) in [4.78, 5) is 26.3. The Labute approximate surface area is 157 Å². The fraction of sp³-hybridized carbons (Fsp3) is 0.368. The summed E-state index contributed by atoms with van der Waals surface area (Å²) in [6.45, 7) is 5.27. The second kappa shape index (κ2) is 9.35. The van der Waals surface area contributed by atoms with Gasteiger partial charge in [-0.05, 0) is 31.5 Å². The van der Waals surface area contributed by atoms with Crippen LogP contribution in [0.4, 0.5) is 5.00 Å². The predicted octanol–water partition coefficient (Wildman–Crippen LogP) is 1.68. The third-order valence-electron chi connectivity index (χ3n) is 4.03. The van der Waals surface area contributed by atoms with Crippen molar-refractivity contribution in [2.45, 2.75) is 13.8 Å². The van der Waals surface area contributed by atoms with Gasteiger partial charge in [0.1, 0.15) is 23.9 Å². The third kappa shape index (κ3) is 5.31. The van der Waals surface area contributed by atoms with Crippen molar-refractivity contribution in [1.29, 1.82) is 0 Å². The fourth-order valence-electron chi connectivity index (χ4n) is 2.46. The molecule has 26 heavy (non-hydrogen) atoms. The molecule has 0 aliphatic heterocycles. The van der Waals surface area contributed by atoms with Gasteiger partial charge in [0.15, 0.2) is 6.54 Å². The average molecular weight is 377 g/mol. The van der Waals surface area contributed by atoms with Crippen LogP contribution in [0.15, 0.2) is 30.3 Å². The summed E-state index contributed by atoms with van der Waals surface area (Å²) in [5.74, 6) is 0.240. The highest BCUT2D eigenvalue weighted by atomic mass is 32.1. The van der Waals surface area contributed by atoms with Crippen LogP contribution in [0.3, 0.4) is 0 Å². The lowest BCUT2D eigenvalue weighted by Crippen LogP contribution is -3.10. The van der Waals surface area contributed by atoms with Crippen LogP contribution in [0.25, 0.3) is 0 Å². The molecule has 7 heteroatoms. The van der Waals surface area contributed by atoms with Crippen LogP contribution in [0.5, 0.6) is 5.75 Å². The average Bonchev–Trinajstić information content (AvgIpc) is 2.88. The molecule has 1 heterocycles. The van der Waals surface area contributed by atoms with Crippen molar-refractivity contribution in [2.75, 3.05) is 39.2 Å². The molecule has 1 aromatic carbocycles. The van der Waals surface area contributed by atoms with E-state index in [1.165, 1.54) is 18.4 Å². The number of benzene rings is 1. The number of thiophene rings is 1. The highest BCUT2D eigenvalue weighted by Gasteiger charge is 2.22. The van der Waals surface area contributed by atoms with Crippen LogP contribution in [0.2, 0.25) is 0 Å². The van der Waals surface area contributed by atoms with E-state index in [4.69, 9.17) is 9.47 Å². The van der Waals surface area contributed by atoms with E-state index in [0.717, 1.165) is 21.1 Å². The Bertz CT molecular complexity index is 758. The number of esters is 1. The quantitative estimate of drug-likeness (QED) is 0.687. The number of anilines is 1. The molecule has 0 saturated heterocycles. The summed E-state index contributed by atoms with van der Waals surface area (Å²) in [5.41, 5.74) is 1.28. The van der Waals surface area contributed by atoms with Gasteiger partial charge in [-0.25, -0.2) is 4.79 Å². The van der Waals surface area contributed by atoms with Crippen molar-refractivity contribution >= 4 is 28.2 Å². The van der Waals surface area contributed by atoms with Gasteiger partial charge in [-0.2, -0.15) is 0 Å². The highest BCUT2D eigenvalue weighted by molar-refractivity contribution is 7.16. The van der Waals surface area contributed by atoms with Crippen molar-refractivity contribution in [3.63, 3.8) is 0 Å². The number of rotatable bonds is 8. The number of hydrogen-bond donors (Lipinski definition) is 2. The molecule has 0 radical (unpaired) electrons. The molecule has 1 amide bonds. The standard InChI is InChI=1S/C19H24N2O4S/c1-13-14(2)26-18(17(13)19(23)24-4)20-16(22)12-21(3)10-11-25-15-8-6-5-7-9-15/h5-9H,10-12H2,1-4H3,(H,20,22)/p+1. The van der Waals surface area contributed by atoms with Crippen molar-refractivity contribution in [1.82, 2.24) is 0 Å². The molecule has 0 saturated carbocycles. The lowest BCUT2D eigenvalue weighted by atomic mass is 10.1. The molecule has 6 nitrogen and oxygen atoms in total. The number of likely N-dealkylation sites (N-methyl/N-ethyl adjacent to an activating group) is 1. The minimum atomic E-state index is -0.431. The second-order valence-corrected chi connectivity index (χ2v) is 7.30. The van der Waals surface area contributed by atoms with Gasteiger partial charge in [-0.3, -0.25) is 4.79 Å². The van der Waals surface area contributed by atoms with E-state index in [1.807, 2.05) is 51.2 Å². The first kappa shape index (κ1) is 19.9. The summed E-state index contributed by atoms with van der Waals surface area (Å²) in [6, 6.07) is 9.58. The minimum absolute atomic E-state index is 0.145. The van der Waals surface area contributed by atoms with E-state index in [2.05, 4.69) is 5.32 Å². The van der Waals surface area contributed by atoms with E-state index in [1.54, 1.807) is 0 Å². The van der Waals surface area contributed by atoms with Crippen molar-refractivity contribution in [3.8, 4) is 5.75 Å². The lowest BCUT2D eigenvalue weighted by molar-refractivity contribution is -0.871. The van der Waals surface area contributed by atoms with Gasteiger partial charge in [-0.1, -0.05) is 18.2 Å². The van der Waals surface area contributed by atoms with Crippen LogP contribution in [0, 0.1) is 13.8 Å². The maximum Gasteiger partial charge on any atom is 0.341 e. The molecule has 2 N–H and O–H groups in total. The topological polar surface area (TPSA) is 69.1 Å². The number of methoxy groups -OCH3 is 1. The lowest BCUT2D eigenvalue weighted by Gasteiger charge is -2.14. The molecular weight excluding hydrogens is 352 g/mol. The first-order chi connectivity index (χ1) is 12.4. The Morgan fingerprint density at radius 3 is 2.54 bits per heavy atom. The Morgan fingerprint density at radius 2 is 1.88 bits per heavy atom. The molecule has 0 aliphatic carbocycles. The van der Waals surface area contributed by atoms with Gasteiger partial charge in [0.25, 0.3) is 5.91 Å². The number of aryl methyl sites for hydroxylation is 1. The molecular formula is C19H25N2O4S+. The Balaban J connectivity index is 1.86. The number of quaternary nitrogens is 1. The molecule has 2 aromatic rings. The summed E-state index contributed by atoms with van der Waals surface area (Å²) >= 11 is 1.39. The number of para-hydroxylation sites is 1. The molecule has 1 atom stereocenters. The monoisotopic (exact) mass is 377 g/mol. The van der Waals surface area contributed by atoms with E-state index in [-0.39, 0.29) is 12.5 Å². The zero-order valence-electron chi connectivity index (χ0n) is 15.5. The maximum atomic E-state index is 12.3. The largest absolute Gasteiger partial charge is 0.488 e. The molecule has 140 valence electrons. The van der Waals surface area contributed by atoms with Gasteiger partial charge in [-0.15, -0.1) is 11.3 Å². The molecule has 1 aromatic heterocycles. The Hall–Kier alpha value is -2.38. The van der Waals surface area contributed by atoms with E-state index < -0.39 is 5.97 Å². The van der Waals surface area contributed by atoms with Crippen LogP contribution >= 0.6 is 11.3 Å². The molecule has 1 unspecified atom stereocenters. The summed E-state index contributed by atoms with van der Waals surface area (Å²) in [5, 5.41) is 3.39. The zero-order chi connectivity index (χ0) is 19.1. The smallest absolute Gasteiger partial charge is 0.341 e. The Morgan fingerprint density at radius 1 is 1.19 bits per heavy atom. The first-order valence-corrected chi connectivity index (χ1v) is 9.21. The number of carbonyl (C=O) groups is 2. The van der Waals surface area contributed by atoms with E-state index >= 15 is 0 Å².